The number of carboxylic acid groups (broad SMARTS) is 3. The van der Waals surface area contributed by atoms with Crippen LogP contribution in [0, 0.1) is 0 Å². The first-order valence-corrected chi connectivity index (χ1v) is 12.1. The summed E-state index contributed by atoms with van der Waals surface area (Å²) in [6.07, 6.45) is 15.3. The van der Waals surface area contributed by atoms with E-state index >= 15 is 0 Å². The van der Waals surface area contributed by atoms with E-state index in [0.29, 0.717) is 6.42 Å². The molecular weight excluding hydrogens is 525 g/mol. The number of ether oxygens (including phenoxy) is 1. The number of carbonyl (C=O) groups is 4. The zero-order chi connectivity index (χ0) is 24.2. The monoisotopic (exact) mass is 572 g/mol. The second-order valence-electron chi connectivity index (χ2n) is 8.61. The van der Waals surface area contributed by atoms with Crippen molar-refractivity contribution in [1.29, 1.82) is 0 Å². The van der Waals surface area contributed by atoms with Gasteiger partial charge in [0.25, 0.3) is 0 Å². The number of carbonyl (C=O) groups excluding carboxylic acids is 1. The van der Waals surface area contributed by atoms with Crippen LogP contribution < -0.4 is 0 Å². The number of carboxylic acids is 3. The summed E-state index contributed by atoms with van der Waals surface area (Å²) in [6.45, 7) is 2.23. The first-order chi connectivity index (χ1) is 15.2. The molecule has 0 rings (SSSR count). The molecule has 8 nitrogen and oxygen atoms in total. The second-order valence-corrected chi connectivity index (χ2v) is 8.61. The number of hydrogen-bond donors (Lipinski definition) is 3. The average molecular weight is 573 g/mol. The van der Waals surface area contributed by atoms with Gasteiger partial charge in [0.05, 0.1) is 12.8 Å². The van der Waals surface area contributed by atoms with Gasteiger partial charge in [-0.3, -0.25) is 14.4 Å². The summed E-state index contributed by atoms with van der Waals surface area (Å²) in [5, 5.41) is 27.1. The molecular formula is C24H47CaNa3O8. The van der Waals surface area contributed by atoms with E-state index in [9.17, 15) is 24.3 Å². The third kappa shape index (κ3) is 27.7. The first-order valence-electron chi connectivity index (χ1n) is 12.1. The van der Waals surface area contributed by atoms with Crippen LogP contribution in [0.5, 0.6) is 0 Å². The Bertz CT molecular complexity index is 564. The molecule has 196 valence electrons. The van der Waals surface area contributed by atoms with E-state index in [2.05, 4.69) is 6.92 Å². The van der Waals surface area contributed by atoms with Gasteiger partial charge < -0.3 is 20.1 Å². The van der Waals surface area contributed by atoms with Crippen molar-refractivity contribution in [1.82, 2.24) is 0 Å². The minimum absolute atomic E-state index is 0. The Labute approximate surface area is 313 Å². The Kier molecular flexibility index (Phi) is 42.1. The zero-order valence-electron chi connectivity index (χ0n) is 19.6. The molecule has 0 aromatic rings. The molecule has 0 aliphatic carbocycles. The quantitative estimate of drug-likeness (QED) is 0.102. The van der Waals surface area contributed by atoms with Crippen molar-refractivity contribution in [2.24, 2.45) is 0 Å². The van der Waals surface area contributed by atoms with E-state index in [0.717, 1.165) is 25.7 Å². The second kappa shape index (κ2) is 31.7. The normalized spacial score (nSPS) is 10.0. The van der Waals surface area contributed by atoms with Crippen molar-refractivity contribution in [2.45, 2.75) is 128 Å². The van der Waals surface area contributed by atoms with Crippen LogP contribution in [0.25, 0.3) is 0 Å². The van der Waals surface area contributed by atoms with Crippen LogP contribution in [0.3, 0.4) is 0 Å². The van der Waals surface area contributed by atoms with Crippen LogP contribution in [0.1, 0.15) is 122 Å². The van der Waals surface area contributed by atoms with Gasteiger partial charge in [0.2, 0.25) is 5.60 Å². The standard InChI is InChI=1S/C24H42O8.Ca.3Na.5H/c1-2-3-4-5-6-7-8-9-10-11-12-13-14-15-16-17-22(29)32-24(23(30)31,18-20(25)26)19-21(27)28;;;;;;;;;/h2-19H2,1H3,(H,25,26)(H,27,28)(H,30,31);;;;;;;;;. The number of esters is 1. The summed E-state index contributed by atoms with van der Waals surface area (Å²) in [6, 6.07) is 0. The summed E-state index contributed by atoms with van der Waals surface area (Å²) in [5.74, 6) is -5.75. The van der Waals surface area contributed by atoms with Crippen LogP contribution >= 0.6 is 0 Å². The third-order valence-corrected chi connectivity index (χ3v) is 5.56. The average Bonchev–Trinajstić information content (AvgIpc) is 2.69. The SMILES string of the molecule is CCCCCCCCCCCCCCCCCC(=O)OC(CC(=O)O)(CC(=O)O)C(=O)O.[CaH2].[NaH].[NaH].[NaH]. The van der Waals surface area contributed by atoms with Crippen molar-refractivity contribution in [3.8, 4) is 0 Å². The van der Waals surface area contributed by atoms with Crippen LogP contribution in [0.15, 0.2) is 0 Å². The molecule has 0 unspecified atom stereocenters. The maximum atomic E-state index is 12.0. The van der Waals surface area contributed by atoms with Crippen LogP contribution in [0.2, 0.25) is 0 Å². The van der Waals surface area contributed by atoms with Crippen molar-refractivity contribution in [3.05, 3.63) is 0 Å². The number of hydrogen-bond acceptors (Lipinski definition) is 5. The fourth-order valence-corrected chi connectivity index (χ4v) is 3.73. The Morgan fingerprint density at radius 1 is 0.583 bits per heavy atom. The molecule has 0 bridgehead atoms. The summed E-state index contributed by atoms with van der Waals surface area (Å²) >= 11 is 0. The van der Waals surface area contributed by atoms with Gasteiger partial charge in [0, 0.05) is 6.42 Å². The Morgan fingerprint density at radius 2 is 0.889 bits per heavy atom. The third-order valence-electron chi connectivity index (χ3n) is 5.56. The Balaban J connectivity index is -0.000000801. The molecule has 0 saturated heterocycles. The van der Waals surface area contributed by atoms with E-state index in [1.807, 2.05) is 0 Å². The molecule has 0 amide bonds. The predicted molar refractivity (Wildman–Crippen MR) is 151 cm³/mol. The van der Waals surface area contributed by atoms with Crippen molar-refractivity contribution in [3.63, 3.8) is 0 Å². The van der Waals surface area contributed by atoms with Gasteiger partial charge in [-0.25, -0.2) is 4.79 Å². The van der Waals surface area contributed by atoms with Gasteiger partial charge in [-0.05, 0) is 6.42 Å². The van der Waals surface area contributed by atoms with Crippen molar-refractivity contribution < 1.29 is 39.2 Å². The fraction of sp³-hybridized carbons (Fsp3) is 0.833. The van der Waals surface area contributed by atoms with Gasteiger partial charge in [-0.2, -0.15) is 0 Å². The summed E-state index contributed by atoms with van der Waals surface area (Å²) in [4.78, 5) is 45.3. The topological polar surface area (TPSA) is 138 Å². The number of unbranched alkanes of at least 4 members (excludes halogenated alkanes) is 14. The van der Waals surface area contributed by atoms with Crippen LogP contribution in [0.4, 0.5) is 0 Å². The Morgan fingerprint density at radius 3 is 1.17 bits per heavy atom. The fourth-order valence-electron chi connectivity index (χ4n) is 3.73. The van der Waals surface area contributed by atoms with Crippen LogP contribution in [-0.2, 0) is 23.9 Å². The van der Waals surface area contributed by atoms with Gasteiger partial charge in [-0.1, -0.05) is 96.8 Å². The van der Waals surface area contributed by atoms with E-state index in [-0.39, 0.29) is 133 Å². The van der Waals surface area contributed by atoms with Gasteiger partial charge in [-0.15, -0.1) is 0 Å². The molecule has 0 saturated carbocycles. The van der Waals surface area contributed by atoms with Gasteiger partial charge >= 0.3 is 150 Å². The molecule has 0 aliphatic heterocycles. The molecule has 0 fully saturated rings. The maximum absolute atomic E-state index is 12.0. The molecule has 3 N–H and O–H groups in total. The molecule has 0 radical (unpaired) electrons. The molecule has 0 aromatic heterocycles. The molecule has 0 spiro atoms. The number of aliphatic carboxylic acids is 3. The van der Waals surface area contributed by atoms with Crippen molar-refractivity contribution in [2.75, 3.05) is 0 Å². The van der Waals surface area contributed by atoms with E-state index in [1.54, 1.807) is 0 Å². The number of rotatable bonds is 22. The zero-order valence-corrected chi connectivity index (χ0v) is 19.6. The molecule has 0 atom stereocenters. The molecule has 12 heteroatoms. The molecule has 0 aromatic carbocycles. The predicted octanol–water partition coefficient (Wildman–Crippen LogP) is 2.70. The Hall–Kier alpha value is 2.14. The van der Waals surface area contributed by atoms with E-state index in [4.69, 9.17) is 14.9 Å². The van der Waals surface area contributed by atoms with Gasteiger partial charge in [0.15, 0.2) is 0 Å². The van der Waals surface area contributed by atoms with Crippen LogP contribution in [-0.4, -0.2) is 171 Å². The van der Waals surface area contributed by atoms with Gasteiger partial charge in [0.1, 0.15) is 0 Å². The summed E-state index contributed by atoms with van der Waals surface area (Å²) in [5.41, 5.74) is -2.58. The summed E-state index contributed by atoms with van der Waals surface area (Å²) < 4.78 is 4.84. The molecule has 36 heavy (non-hydrogen) atoms. The van der Waals surface area contributed by atoms with E-state index in [1.165, 1.54) is 64.2 Å². The minimum atomic E-state index is -2.58. The van der Waals surface area contributed by atoms with Crippen molar-refractivity contribution >= 4 is 150 Å². The summed E-state index contributed by atoms with van der Waals surface area (Å²) in [7, 11) is 0. The molecule has 0 heterocycles. The van der Waals surface area contributed by atoms with E-state index < -0.39 is 42.3 Å². The first kappa shape index (κ1) is 47.9. The molecule has 0 aliphatic rings.